The summed E-state index contributed by atoms with van der Waals surface area (Å²) in [7, 11) is 0. The van der Waals surface area contributed by atoms with Crippen molar-refractivity contribution in [3.05, 3.63) is 22.4 Å². The first kappa shape index (κ1) is 12.1. The van der Waals surface area contributed by atoms with Crippen molar-refractivity contribution >= 4 is 11.3 Å². The van der Waals surface area contributed by atoms with Crippen molar-refractivity contribution < 1.29 is 4.74 Å². The number of nitrogens with one attached hydrogen (secondary N) is 1. The second-order valence-electron chi connectivity index (χ2n) is 5.18. The Balaban J connectivity index is 1.76. The maximum absolute atomic E-state index is 5.96. The molecule has 1 aromatic rings. The highest BCUT2D eigenvalue weighted by Gasteiger charge is 2.31. The van der Waals surface area contributed by atoms with Crippen LogP contribution in [-0.2, 0) is 4.74 Å². The van der Waals surface area contributed by atoms with Crippen LogP contribution in [0.4, 0.5) is 0 Å². The average Bonchev–Trinajstić information content (AvgIpc) is 2.83. The lowest BCUT2D eigenvalue weighted by Crippen LogP contribution is -2.30. The number of hydrogen-bond acceptors (Lipinski definition) is 3. The molecule has 2 heterocycles. The molecule has 2 atom stereocenters. The van der Waals surface area contributed by atoms with E-state index >= 15 is 0 Å². The summed E-state index contributed by atoms with van der Waals surface area (Å²) in [5, 5.41) is 5.68. The van der Waals surface area contributed by atoms with E-state index in [-0.39, 0.29) is 5.60 Å². The van der Waals surface area contributed by atoms with E-state index in [4.69, 9.17) is 4.74 Å². The third-order valence-electron chi connectivity index (χ3n) is 3.18. The Labute approximate surface area is 102 Å². The second kappa shape index (κ2) is 4.86. The third-order valence-corrected chi connectivity index (χ3v) is 4.23. The summed E-state index contributed by atoms with van der Waals surface area (Å²) in [6, 6.07) is 4.72. The Morgan fingerprint density at radius 3 is 3.00 bits per heavy atom. The van der Waals surface area contributed by atoms with Crippen LogP contribution in [0.5, 0.6) is 0 Å². The molecule has 0 amide bonds. The maximum atomic E-state index is 5.96. The van der Waals surface area contributed by atoms with Gasteiger partial charge in [0.1, 0.15) is 0 Å². The Hall–Kier alpha value is -0.380. The molecular formula is C13H21NOS. The molecule has 0 saturated carbocycles. The van der Waals surface area contributed by atoms with E-state index in [0.29, 0.717) is 12.1 Å². The largest absolute Gasteiger partial charge is 0.371 e. The zero-order valence-corrected chi connectivity index (χ0v) is 11.1. The van der Waals surface area contributed by atoms with Crippen LogP contribution in [-0.4, -0.2) is 18.2 Å². The van der Waals surface area contributed by atoms with Crippen molar-refractivity contribution in [3.63, 3.8) is 0 Å². The van der Waals surface area contributed by atoms with Gasteiger partial charge in [0.15, 0.2) is 0 Å². The zero-order valence-electron chi connectivity index (χ0n) is 10.3. The predicted octanol–water partition coefficient (Wildman–Crippen LogP) is 3.36. The number of ether oxygens (including phenoxy) is 1. The van der Waals surface area contributed by atoms with Crippen LogP contribution in [0.1, 0.15) is 44.5 Å². The monoisotopic (exact) mass is 239 g/mol. The fourth-order valence-electron chi connectivity index (χ4n) is 2.17. The molecule has 0 spiro atoms. The van der Waals surface area contributed by atoms with Crippen molar-refractivity contribution in [2.75, 3.05) is 6.54 Å². The van der Waals surface area contributed by atoms with Crippen LogP contribution in [0.3, 0.4) is 0 Å². The molecule has 3 heteroatoms. The minimum Gasteiger partial charge on any atom is -0.371 e. The molecule has 0 aliphatic carbocycles. The van der Waals surface area contributed by atoms with Crippen molar-refractivity contribution in [1.29, 1.82) is 0 Å². The minimum atomic E-state index is 0.0819. The fourth-order valence-corrected chi connectivity index (χ4v) is 2.93. The molecule has 1 aliphatic heterocycles. The summed E-state index contributed by atoms with van der Waals surface area (Å²) in [5.74, 6) is 0. The summed E-state index contributed by atoms with van der Waals surface area (Å²) >= 11 is 1.81. The third kappa shape index (κ3) is 3.06. The lowest BCUT2D eigenvalue weighted by Gasteiger charge is -2.21. The summed E-state index contributed by atoms with van der Waals surface area (Å²) in [5.41, 5.74) is 0.0819. The van der Waals surface area contributed by atoms with E-state index < -0.39 is 0 Å². The van der Waals surface area contributed by atoms with Crippen LogP contribution in [0, 0.1) is 0 Å². The first-order chi connectivity index (χ1) is 7.57. The highest BCUT2D eigenvalue weighted by atomic mass is 32.1. The minimum absolute atomic E-state index is 0.0819. The lowest BCUT2D eigenvalue weighted by atomic mass is 10.1. The predicted molar refractivity (Wildman–Crippen MR) is 68.9 cm³/mol. The van der Waals surface area contributed by atoms with Crippen molar-refractivity contribution in [3.8, 4) is 0 Å². The molecule has 1 aromatic heterocycles. The van der Waals surface area contributed by atoms with Crippen LogP contribution in [0.15, 0.2) is 17.5 Å². The van der Waals surface area contributed by atoms with Gasteiger partial charge in [-0.2, -0.15) is 0 Å². The van der Waals surface area contributed by atoms with E-state index in [1.807, 2.05) is 11.3 Å². The smallest absolute Gasteiger partial charge is 0.0708 e. The van der Waals surface area contributed by atoms with Crippen molar-refractivity contribution in [2.24, 2.45) is 0 Å². The van der Waals surface area contributed by atoms with Gasteiger partial charge in [-0.05, 0) is 45.1 Å². The Kier molecular flexibility index (Phi) is 3.67. The Morgan fingerprint density at radius 1 is 1.62 bits per heavy atom. The first-order valence-corrected chi connectivity index (χ1v) is 6.89. The van der Waals surface area contributed by atoms with Gasteiger partial charge in [-0.25, -0.2) is 0 Å². The normalized spacial score (nSPS) is 25.8. The van der Waals surface area contributed by atoms with Crippen LogP contribution < -0.4 is 5.32 Å². The molecule has 1 aliphatic rings. The molecule has 1 fully saturated rings. The molecule has 1 N–H and O–H groups in total. The number of rotatable bonds is 4. The number of thiophene rings is 1. The van der Waals surface area contributed by atoms with E-state index in [0.717, 1.165) is 6.54 Å². The topological polar surface area (TPSA) is 21.3 Å². The summed E-state index contributed by atoms with van der Waals surface area (Å²) in [4.78, 5) is 1.40. The standard InChI is InChI=1S/C13H21NOS/c1-10(12-5-4-8-16-12)14-9-11-6-7-13(2,3)15-11/h4-5,8,10-11,14H,6-7,9H2,1-3H3. The SMILES string of the molecule is CC(NCC1CCC(C)(C)O1)c1cccs1. The molecule has 90 valence electrons. The van der Waals surface area contributed by atoms with E-state index in [1.54, 1.807) is 0 Å². The molecule has 0 bridgehead atoms. The highest BCUT2D eigenvalue weighted by Crippen LogP contribution is 2.29. The zero-order chi connectivity index (χ0) is 11.6. The number of hydrogen-bond donors (Lipinski definition) is 1. The van der Waals surface area contributed by atoms with Gasteiger partial charge in [0, 0.05) is 17.5 Å². The van der Waals surface area contributed by atoms with E-state index in [2.05, 4.69) is 43.6 Å². The summed E-state index contributed by atoms with van der Waals surface area (Å²) in [6.45, 7) is 7.53. The van der Waals surface area contributed by atoms with Gasteiger partial charge in [-0.15, -0.1) is 11.3 Å². The average molecular weight is 239 g/mol. The Bertz CT molecular complexity index is 321. The van der Waals surface area contributed by atoms with Crippen LogP contribution in [0.25, 0.3) is 0 Å². The molecule has 1 saturated heterocycles. The van der Waals surface area contributed by atoms with Gasteiger partial charge in [0.2, 0.25) is 0 Å². The van der Waals surface area contributed by atoms with Crippen LogP contribution in [0.2, 0.25) is 0 Å². The fraction of sp³-hybridized carbons (Fsp3) is 0.692. The van der Waals surface area contributed by atoms with Gasteiger partial charge in [-0.1, -0.05) is 6.07 Å². The van der Waals surface area contributed by atoms with Crippen molar-refractivity contribution in [2.45, 2.75) is 51.4 Å². The summed E-state index contributed by atoms with van der Waals surface area (Å²) in [6.07, 6.45) is 2.74. The lowest BCUT2D eigenvalue weighted by molar-refractivity contribution is -0.0149. The molecular weight excluding hydrogens is 218 g/mol. The van der Waals surface area contributed by atoms with Gasteiger partial charge < -0.3 is 10.1 Å². The van der Waals surface area contributed by atoms with E-state index in [9.17, 15) is 0 Å². The molecule has 16 heavy (non-hydrogen) atoms. The van der Waals surface area contributed by atoms with Gasteiger partial charge in [0.05, 0.1) is 11.7 Å². The quantitative estimate of drug-likeness (QED) is 0.870. The molecule has 2 rings (SSSR count). The van der Waals surface area contributed by atoms with Gasteiger partial charge >= 0.3 is 0 Å². The highest BCUT2D eigenvalue weighted by molar-refractivity contribution is 7.10. The molecule has 0 aromatic carbocycles. The molecule has 2 nitrogen and oxygen atoms in total. The van der Waals surface area contributed by atoms with E-state index in [1.165, 1.54) is 17.7 Å². The Morgan fingerprint density at radius 2 is 2.44 bits per heavy atom. The van der Waals surface area contributed by atoms with Crippen molar-refractivity contribution in [1.82, 2.24) is 5.32 Å². The second-order valence-corrected chi connectivity index (χ2v) is 6.16. The molecule has 2 unspecified atom stereocenters. The van der Waals surface area contributed by atoms with Crippen LogP contribution >= 0.6 is 11.3 Å². The van der Waals surface area contributed by atoms with Gasteiger partial charge in [-0.3, -0.25) is 0 Å². The summed E-state index contributed by atoms with van der Waals surface area (Å²) < 4.78 is 5.96. The van der Waals surface area contributed by atoms with Gasteiger partial charge in [0.25, 0.3) is 0 Å². The maximum Gasteiger partial charge on any atom is 0.0708 e. The first-order valence-electron chi connectivity index (χ1n) is 6.01. The molecule has 0 radical (unpaired) electrons.